The lowest BCUT2D eigenvalue weighted by atomic mass is 10.1. The van der Waals surface area contributed by atoms with Gasteiger partial charge in [0, 0.05) is 6.07 Å². The molecule has 0 saturated carbocycles. The summed E-state index contributed by atoms with van der Waals surface area (Å²) in [6.07, 6.45) is 0. The molecule has 0 heterocycles. The fraction of sp³-hybridized carbons (Fsp3) is 0.133. The summed E-state index contributed by atoms with van der Waals surface area (Å²) >= 11 is 5.87. The molecule has 120 valence electrons. The van der Waals surface area contributed by atoms with Crippen LogP contribution in [0.4, 0.5) is 14.5 Å². The first-order valence-electron chi connectivity index (χ1n) is 6.50. The van der Waals surface area contributed by atoms with Gasteiger partial charge in [-0.1, -0.05) is 23.7 Å². The second kappa shape index (κ2) is 6.70. The van der Waals surface area contributed by atoms with Crippen LogP contribution in [0.3, 0.4) is 0 Å². The Balaban J connectivity index is 2.28. The summed E-state index contributed by atoms with van der Waals surface area (Å²) in [6, 6.07) is 6.36. The van der Waals surface area contributed by atoms with E-state index in [-0.39, 0.29) is 10.6 Å². The molecule has 0 aliphatic heterocycles. The highest BCUT2D eigenvalue weighted by molar-refractivity contribution is 6.34. The number of hydrogen-bond acceptors (Lipinski definition) is 3. The Hall–Kier alpha value is -2.54. The van der Waals surface area contributed by atoms with Gasteiger partial charge >= 0.3 is 0 Å². The van der Waals surface area contributed by atoms with Gasteiger partial charge in [0.2, 0.25) is 0 Å². The van der Waals surface area contributed by atoms with Crippen molar-refractivity contribution in [3.05, 3.63) is 74.3 Å². The number of nitro groups is 1. The van der Waals surface area contributed by atoms with Crippen LogP contribution < -0.4 is 5.32 Å². The second-order valence-corrected chi connectivity index (χ2v) is 5.17. The van der Waals surface area contributed by atoms with E-state index in [1.165, 1.54) is 25.1 Å². The molecule has 5 nitrogen and oxygen atoms in total. The van der Waals surface area contributed by atoms with Crippen LogP contribution in [0.2, 0.25) is 5.02 Å². The Morgan fingerprint density at radius 1 is 1.26 bits per heavy atom. The highest BCUT2D eigenvalue weighted by Gasteiger charge is 2.24. The molecule has 2 rings (SSSR count). The molecule has 0 fully saturated rings. The molecule has 1 amide bonds. The SMILES string of the molecule is C[C@H](NC(=O)c1c(Cl)cccc1[N+](=O)[O-])c1ccc(F)c(F)c1. The van der Waals surface area contributed by atoms with Gasteiger partial charge in [0.25, 0.3) is 11.6 Å². The predicted octanol–water partition coefficient (Wildman–Crippen LogP) is 4.02. The number of hydrogen-bond donors (Lipinski definition) is 1. The molecular formula is C15H11ClF2N2O3. The molecule has 0 aromatic heterocycles. The largest absolute Gasteiger partial charge is 0.345 e. The fourth-order valence-corrected chi connectivity index (χ4v) is 2.28. The van der Waals surface area contributed by atoms with E-state index in [0.717, 1.165) is 18.2 Å². The standard InChI is InChI=1S/C15H11ClF2N2O3/c1-8(9-5-6-11(17)12(18)7-9)19-15(21)14-10(16)3-2-4-13(14)20(22)23/h2-8H,1H3,(H,19,21)/t8-/m0/s1. The first-order valence-corrected chi connectivity index (χ1v) is 6.87. The van der Waals surface area contributed by atoms with Gasteiger partial charge in [0.05, 0.1) is 16.0 Å². The van der Waals surface area contributed by atoms with Gasteiger partial charge in [-0.25, -0.2) is 8.78 Å². The van der Waals surface area contributed by atoms with Gasteiger partial charge in [-0.15, -0.1) is 0 Å². The minimum absolute atomic E-state index is 0.0748. The van der Waals surface area contributed by atoms with Crippen molar-refractivity contribution >= 4 is 23.2 Å². The molecule has 1 atom stereocenters. The van der Waals surface area contributed by atoms with Gasteiger partial charge in [-0.05, 0) is 30.7 Å². The van der Waals surface area contributed by atoms with Crippen molar-refractivity contribution in [1.82, 2.24) is 5.32 Å². The van der Waals surface area contributed by atoms with E-state index in [0.29, 0.717) is 5.56 Å². The average molecular weight is 341 g/mol. The van der Waals surface area contributed by atoms with Crippen LogP contribution in [0.15, 0.2) is 36.4 Å². The topological polar surface area (TPSA) is 72.2 Å². The number of carbonyl (C=O) groups is 1. The van der Waals surface area contributed by atoms with E-state index in [4.69, 9.17) is 11.6 Å². The van der Waals surface area contributed by atoms with Crippen LogP contribution in [-0.4, -0.2) is 10.8 Å². The minimum Gasteiger partial charge on any atom is -0.345 e. The van der Waals surface area contributed by atoms with Gasteiger partial charge in [0.15, 0.2) is 11.6 Å². The van der Waals surface area contributed by atoms with Gasteiger partial charge in [0.1, 0.15) is 5.56 Å². The normalized spacial score (nSPS) is 11.8. The van der Waals surface area contributed by atoms with Crippen molar-refractivity contribution in [3.63, 3.8) is 0 Å². The van der Waals surface area contributed by atoms with Crippen molar-refractivity contribution in [3.8, 4) is 0 Å². The lowest BCUT2D eigenvalue weighted by molar-refractivity contribution is -0.385. The van der Waals surface area contributed by atoms with Crippen LogP contribution in [0, 0.1) is 21.7 Å². The molecule has 2 aromatic carbocycles. The summed E-state index contributed by atoms with van der Waals surface area (Å²) in [4.78, 5) is 22.5. The van der Waals surface area contributed by atoms with E-state index in [2.05, 4.69) is 5.32 Å². The molecule has 2 aromatic rings. The fourth-order valence-electron chi connectivity index (χ4n) is 2.02. The monoisotopic (exact) mass is 340 g/mol. The molecule has 0 bridgehead atoms. The number of nitrogens with zero attached hydrogens (tertiary/aromatic N) is 1. The second-order valence-electron chi connectivity index (χ2n) is 4.76. The number of halogens is 3. The van der Waals surface area contributed by atoms with E-state index < -0.39 is 34.2 Å². The minimum atomic E-state index is -1.05. The molecule has 1 N–H and O–H groups in total. The number of nitro benzene ring substituents is 1. The van der Waals surface area contributed by atoms with Gasteiger partial charge in [-0.2, -0.15) is 0 Å². The van der Waals surface area contributed by atoms with E-state index in [1.807, 2.05) is 0 Å². The number of carbonyl (C=O) groups excluding carboxylic acids is 1. The summed E-state index contributed by atoms with van der Waals surface area (Å²) in [5.41, 5.74) is -0.409. The first-order chi connectivity index (χ1) is 10.8. The highest BCUT2D eigenvalue weighted by Crippen LogP contribution is 2.27. The Morgan fingerprint density at radius 3 is 2.57 bits per heavy atom. The highest BCUT2D eigenvalue weighted by atomic mass is 35.5. The molecule has 0 unspecified atom stereocenters. The molecule has 0 spiro atoms. The molecular weight excluding hydrogens is 330 g/mol. The number of benzene rings is 2. The van der Waals surface area contributed by atoms with Crippen molar-refractivity contribution in [2.75, 3.05) is 0 Å². The summed E-state index contributed by atoms with van der Waals surface area (Å²) in [6.45, 7) is 1.53. The smallest absolute Gasteiger partial charge is 0.283 e. The number of nitrogens with one attached hydrogen (secondary N) is 1. The third-order valence-electron chi connectivity index (χ3n) is 3.21. The third-order valence-corrected chi connectivity index (χ3v) is 3.52. The van der Waals surface area contributed by atoms with Crippen molar-refractivity contribution in [2.45, 2.75) is 13.0 Å². The molecule has 0 radical (unpaired) electrons. The van der Waals surface area contributed by atoms with E-state index in [9.17, 15) is 23.7 Å². The maximum Gasteiger partial charge on any atom is 0.283 e. The quantitative estimate of drug-likeness (QED) is 0.675. The van der Waals surface area contributed by atoms with Crippen LogP contribution in [0.25, 0.3) is 0 Å². The van der Waals surface area contributed by atoms with Gasteiger partial charge < -0.3 is 5.32 Å². The van der Waals surface area contributed by atoms with E-state index in [1.54, 1.807) is 0 Å². The summed E-state index contributed by atoms with van der Waals surface area (Å²) < 4.78 is 26.2. The Labute approximate surface area is 135 Å². The Bertz CT molecular complexity index is 783. The zero-order valence-electron chi connectivity index (χ0n) is 11.8. The molecule has 0 aliphatic carbocycles. The van der Waals surface area contributed by atoms with Crippen LogP contribution >= 0.6 is 11.6 Å². The van der Waals surface area contributed by atoms with Crippen LogP contribution in [0.5, 0.6) is 0 Å². The third kappa shape index (κ3) is 3.62. The molecule has 0 saturated heterocycles. The molecule has 0 aliphatic rings. The van der Waals surface area contributed by atoms with Crippen molar-refractivity contribution in [1.29, 1.82) is 0 Å². The average Bonchev–Trinajstić information content (AvgIpc) is 2.49. The summed E-state index contributed by atoms with van der Waals surface area (Å²) in [5.74, 6) is -2.83. The zero-order chi connectivity index (χ0) is 17.1. The molecule has 23 heavy (non-hydrogen) atoms. The Morgan fingerprint density at radius 2 is 1.96 bits per heavy atom. The number of amides is 1. The first kappa shape index (κ1) is 16.8. The lowest BCUT2D eigenvalue weighted by Gasteiger charge is -2.15. The molecule has 8 heteroatoms. The lowest BCUT2D eigenvalue weighted by Crippen LogP contribution is -2.27. The Kier molecular flexibility index (Phi) is 4.90. The summed E-state index contributed by atoms with van der Waals surface area (Å²) in [7, 11) is 0. The number of rotatable bonds is 4. The maximum atomic E-state index is 13.2. The van der Waals surface area contributed by atoms with Crippen LogP contribution in [-0.2, 0) is 0 Å². The maximum absolute atomic E-state index is 13.2. The van der Waals surface area contributed by atoms with E-state index >= 15 is 0 Å². The summed E-state index contributed by atoms with van der Waals surface area (Å²) in [5, 5.41) is 13.4. The van der Waals surface area contributed by atoms with Crippen molar-refractivity contribution < 1.29 is 18.5 Å². The predicted molar refractivity (Wildman–Crippen MR) is 80.3 cm³/mol. The van der Waals surface area contributed by atoms with Crippen LogP contribution in [0.1, 0.15) is 28.9 Å². The van der Waals surface area contributed by atoms with Gasteiger partial charge in [-0.3, -0.25) is 14.9 Å². The van der Waals surface area contributed by atoms with Crippen molar-refractivity contribution in [2.24, 2.45) is 0 Å². The zero-order valence-corrected chi connectivity index (χ0v) is 12.6.